The Bertz CT molecular complexity index is 3520. The molecule has 8 rings (SSSR count). The van der Waals surface area contributed by atoms with Gasteiger partial charge in [-0.05, 0) is 145 Å². The van der Waals surface area contributed by atoms with E-state index in [1.807, 2.05) is 27.8 Å². The number of hydrogen-bond donors (Lipinski definition) is 5. The third-order valence-corrected chi connectivity index (χ3v) is 12.4. The number of fused-ring (bicyclic) bond motifs is 3. The van der Waals surface area contributed by atoms with E-state index in [1.54, 1.807) is 20.2 Å². The summed E-state index contributed by atoms with van der Waals surface area (Å²) in [5.74, 6) is 1.70. The minimum atomic E-state index is -4.59. The summed E-state index contributed by atoms with van der Waals surface area (Å²) in [5.41, 5.74) is 2.84. The van der Waals surface area contributed by atoms with Crippen molar-refractivity contribution in [1.82, 2.24) is 71.8 Å². The number of carbonyl (C=O) groups excluding carboxylic acids is 3. The van der Waals surface area contributed by atoms with Crippen molar-refractivity contribution in [2.75, 3.05) is 71.6 Å². The average Bonchev–Trinajstić information content (AvgIpc) is 1.69. The smallest absolute Gasteiger partial charge is 0.437 e. The number of carbonyl (C=O) groups is 3. The maximum absolute atomic E-state index is 13.1. The van der Waals surface area contributed by atoms with Crippen molar-refractivity contribution in [2.24, 2.45) is 0 Å². The molecule has 26 nitrogen and oxygen atoms in total. The molecule has 3 amide bonds. The monoisotopic (exact) mass is 1400 g/mol. The molecule has 40 heteroatoms. The fourth-order valence-electron chi connectivity index (χ4n) is 7.86. The molecule has 502 valence electrons. The molecule has 0 bridgehead atoms. The van der Waals surface area contributed by atoms with Crippen LogP contribution in [-0.4, -0.2) is 148 Å². The van der Waals surface area contributed by atoms with Crippen molar-refractivity contribution in [3.05, 3.63) is 70.2 Å². The molecular weight excluding hydrogens is 1340 g/mol. The lowest BCUT2D eigenvalue weighted by Gasteiger charge is -2.17. The number of H-pyrrole nitrogens is 2. The molecule has 91 heavy (non-hydrogen) atoms. The molecule has 0 saturated carbocycles. The zero-order valence-electron chi connectivity index (χ0n) is 48.9. The van der Waals surface area contributed by atoms with E-state index in [4.69, 9.17) is 79.9 Å². The van der Waals surface area contributed by atoms with Gasteiger partial charge in [0.1, 0.15) is 17.2 Å². The summed E-state index contributed by atoms with van der Waals surface area (Å²) in [4.78, 5) is 35.4. The summed E-state index contributed by atoms with van der Waals surface area (Å²) in [7, 11) is 5.01. The van der Waals surface area contributed by atoms with Gasteiger partial charge in [0, 0.05) is 55.5 Å². The van der Waals surface area contributed by atoms with Gasteiger partial charge >= 0.3 is 39.3 Å². The number of urea groups is 1. The Morgan fingerprint density at radius 2 is 0.978 bits per heavy atom. The van der Waals surface area contributed by atoms with E-state index in [1.165, 1.54) is 40.1 Å². The Balaban J connectivity index is 0.000000264. The minimum Gasteiger partial charge on any atom is -0.493 e. The molecule has 3 aromatic carbocycles. The van der Waals surface area contributed by atoms with Gasteiger partial charge in [-0.1, -0.05) is 65.7 Å². The third-order valence-electron chi connectivity index (χ3n) is 11.8. The van der Waals surface area contributed by atoms with Crippen molar-refractivity contribution < 1.29 is 86.4 Å². The van der Waals surface area contributed by atoms with Crippen LogP contribution in [-0.2, 0) is 42.5 Å². The van der Waals surface area contributed by atoms with Crippen LogP contribution < -0.4 is 30.6 Å². The van der Waals surface area contributed by atoms with E-state index in [0.29, 0.717) is 98.6 Å². The maximum atomic E-state index is 13.1. The van der Waals surface area contributed by atoms with E-state index in [2.05, 4.69) is 83.7 Å². The van der Waals surface area contributed by atoms with Crippen molar-refractivity contribution in [2.45, 2.75) is 101 Å². The number of benzene rings is 3. The normalized spacial score (nSPS) is 11.5. The first kappa shape index (κ1) is 75.9. The second kappa shape index (κ2) is 35.9. The van der Waals surface area contributed by atoms with Crippen LogP contribution in [0.4, 0.5) is 65.8 Å². The van der Waals surface area contributed by atoms with Crippen LogP contribution in [0, 0.1) is 0 Å². The molecule has 0 aliphatic heterocycles. The van der Waals surface area contributed by atoms with Crippen LogP contribution in [0.1, 0.15) is 93.1 Å². The predicted octanol–water partition coefficient (Wildman–Crippen LogP) is 13.4. The van der Waals surface area contributed by atoms with Gasteiger partial charge in [-0.25, -0.2) is 9.59 Å². The number of nitrogens with zero attached hydrogens (tertiary/aromatic N) is 11. The third kappa shape index (κ3) is 24.2. The number of aromatic nitrogens is 11. The highest BCUT2D eigenvalue weighted by Crippen LogP contribution is 2.41. The molecule has 0 saturated heterocycles. The number of halogens is 14. The Hall–Kier alpha value is -7.60. The summed E-state index contributed by atoms with van der Waals surface area (Å²) in [6.07, 6.45) is -8.14. The number of aryl methyl sites for hydroxylation is 3. The molecule has 0 unspecified atom stereocenters. The van der Waals surface area contributed by atoms with E-state index in [9.17, 15) is 53.9 Å². The van der Waals surface area contributed by atoms with Crippen molar-refractivity contribution in [1.29, 1.82) is 0 Å². The van der Waals surface area contributed by atoms with Crippen LogP contribution in [0.3, 0.4) is 0 Å². The van der Waals surface area contributed by atoms with Gasteiger partial charge < -0.3 is 53.4 Å². The second-order valence-electron chi connectivity index (χ2n) is 18.6. The highest BCUT2D eigenvalue weighted by molar-refractivity contribution is 6.69. The fraction of sp³-hybridized carbons (Fsp3) is 0.490. The number of alkyl halides is 12. The molecule has 0 atom stereocenters. The van der Waals surface area contributed by atoms with Crippen LogP contribution in [0.25, 0.3) is 32.9 Å². The van der Waals surface area contributed by atoms with Crippen molar-refractivity contribution >= 4 is 120 Å². The fourth-order valence-corrected chi connectivity index (χ4v) is 8.39. The number of ether oxygens (including phenoxy) is 4. The zero-order valence-corrected chi connectivity index (χ0v) is 52.7. The number of nitrogens with one attached hydrogen (secondary N) is 4. The Morgan fingerprint density at radius 1 is 0.593 bits per heavy atom. The number of rotatable bonds is 22. The number of tetrazole rings is 2. The van der Waals surface area contributed by atoms with E-state index in [-0.39, 0.29) is 58.0 Å². The van der Waals surface area contributed by atoms with Gasteiger partial charge in [-0.3, -0.25) is 10.1 Å². The molecule has 0 fully saturated rings. The van der Waals surface area contributed by atoms with E-state index in [0.717, 1.165) is 19.4 Å². The lowest BCUT2D eigenvalue weighted by Crippen LogP contribution is -2.33. The van der Waals surface area contributed by atoms with Crippen LogP contribution >= 0.6 is 58.0 Å². The Labute approximate surface area is 535 Å². The molecule has 0 spiro atoms. The highest BCUT2D eigenvalue weighted by atomic mass is 35.6. The standard InChI is InChI=1S/C17H20F3N7O3.C16H18ClF3N2O3.C15H19F3N2O2.C2Cl4O2.CH3N5/c1-3-5-10-12(7-6-11-13(10)30-24-14(11)17(18,19)20)29-9-4-8-27(2)16(28)21-15-22-25-26-23-15;1-3-5-10-12(24-9-4-8-22(2)15(17)23)7-6-11-13(10)25-21-14(11)16(18,19)20;1-3-5-10-12(21-9-4-8-19-2)7-6-11-13(10)22-20-14(11)15(16,17)18;3-1(7)8-2(4,5)6;2-1-3-5-6-4-1/h6-7H,3-5,8-9H2,1-2H3,(H2,21,22,23,25,26,28);6-7H,3-5,8-9H2,1-2H3;6-7,19H,3-5,8-9H2,1-2H3;;(H3,2,3,4,5,6). The maximum Gasteiger partial charge on any atom is 0.437 e. The number of amides is 3. The molecule has 6 N–H and O–H groups in total. The highest BCUT2D eigenvalue weighted by Gasteiger charge is 2.40. The van der Waals surface area contributed by atoms with Gasteiger partial charge in [0.05, 0.1) is 36.0 Å². The number of aromatic amines is 2. The first-order valence-electron chi connectivity index (χ1n) is 26.9. The van der Waals surface area contributed by atoms with Crippen molar-refractivity contribution in [3.63, 3.8) is 0 Å². The molecule has 5 aromatic heterocycles. The van der Waals surface area contributed by atoms with Crippen LogP contribution in [0.15, 0.2) is 50.0 Å². The summed E-state index contributed by atoms with van der Waals surface area (Å²) in [6.45, 7) is 8.38. The van der Waals surface area contributed by atoms with Gasteiger partial charge in [0.25, 0.3) is 11.9 Å². The molecule has 0 aliphatic rings. The second-order valence-corrected chi connectivity index (χ2v) is 21.4. The lowest BCUT2D eigenvalue weighted by molar-refractivity contribution is -0.142. The topological polar surface area (TPSA) is 332 Å². The Morgan fingerprint density at radius 3 is 1.26 bits per heavy atom. The summed E-state index contributed by atoms with van der Waals surface area (Å²) in [6, 6.07) is 8.11. The average molecular weight is 1410 g/mol. The predicted molar refractivity (Wildman–Crippen MR) is 314 cm³/mol. The molecule has 0 aliphatic carbocycles. The number of nitrogen functional groups attached to an aromatic ring is 1. The number of nitrogens with two attached hydrogens (primary N) is 1. The zero-order chi connectivity index (χ0) is 67.7. The molecule has 8 aromatic rings. The van der Waals surface area contributed by atoms with E-state index < -0.39 is 56.4 Å². The summed E-state index contributed by atoms with van der Waals surface area (Å²) >= 11 is 24.8. The summed E-state index contributed by atoms with van der Waals surface area (Å²) < 4.78 is 151. The first-order valence-corrected chi connectivity index (χ1v) is 28.8. The van der Waals surface area contributed by atoms with Crippen LogP contribution in [0.2, 0.25) is 0 Å². The van der Waals surface area contributed by atoms with Gasteiger partial charge in [-0.15, -0.1) is 10.2 Å². The lowest BCUT2D eigenvalue weighted by atomic mass is 10.0. The molecule has 0 radical (unpaired) electrons. The first-order chi connectivity index (χ1) is 42.9. The van der Waals surface area contributed by atoms with Crippen LogP contribution in [0.5, 0.6) is 17.2 Å². The largest absolute Gasteiger partial charge is 0.493 e. The summed E-state index contributed by atoms with van der Waals surface area (Å²) in [5, 5.41) is 39.1. The number of hydrogen-bond acceptors (Lipinski definition) is 21. The minimum absolute atomic E-state index is 0.0153. The molecular formula is C51H60Cl5F9N16O10. The Kier molecular flexibility index (Phi) is 29.9. The van der Waals surface area contributed by atoms with Crippen molar-refractivity contribution in [3.8, 4) is 17.2 Å². The SMILES string of the molecule is CCCc1c(OCCCN(C)C(=O)Cl)ccc2c(C(F)(F)F)noc12.CCCc1c(OCCCN(C)C(=O)Nc2nn[nH]n2)ccc2c(C(F)(F)F)noc12.CCCc1c(OCCCNC)ccc2c(C(F)(F)F)noc12.Nc1nn[nH]n1.O=C(Cl)OC(Cl)(Cl)Cl. The van der Waals surface area contributed by atoms with Gasteiger partial charge in [0.15, 0.2) is 33.8 Å². The number of anilines is 2. The van der Waals surface area contributed by atoms with Gasteiger partial charge in [0.2, 0.25) is 0 Å². The van der Waals surface area contributed by atoms with E-state index >= 15 is 0 Å². The molecule has 5 heterocycles. The quantitative estimate of drug-likeness (QED) is 0.0138. The van der Waals surface area contributed by atoms with Gasteiger partial charge in [-0.2, -0.15) is 49.9 Å².